The number of amides is 1. The van der Waals surface area contributed by atoms with Gasteiger partial charge in [-0.3, -0.25) is 4.79 Å². The minimum absolute atomic E-state index is 0.124. The van der Waals surface area contributed by atoms with Gasteiger partial charge in [0.15, 0.2) is 6.61 Å². The van der Waals surface area contributed by atoms with Crippen LogP contribution >= 0.6 is 22.9 Å². The second kappa shape index (κ2) is 8.49. The number of anilines is 1. The van der Waals surface area contributed by atoms with Gasteiger partial charge in [-0.25, -0.2) is 13.9 Å². The summed E-state index contributed by atoms with van der Waals surface area (Å²) in [4.78, 5) is 24.9. The summed E-state index contributed by atoms with van der Waals surface area (Å²) in [6.07, 6.45) is 0. The third kappa shape index (κ3) is 4.17. The number of hydrogen-bond donors (Lipinski definition) is 1. The molecular formula is C22H17ClFN3O3S. The smallest absolute Gasteiger partial charge is 0.350 e. The van der Waals surface area contributed by atoms with Crippen molar-refractivity contribution >= 4 is 50.6 Å². The minimum Gasteiger partial charge on any atom is -0.451 e. The van der Waals surface area contributed by atoms with Crippen molar-refractivity contribution in [1.82, 2.24) is 9.78 Å². The fourth-order valence-electron chi connectivity index (χ4n) is 3.19. The number of carbonyl (C=O) groups is 2. The molecule has 158 valence electrons. The topological polar surface area (TPSA) is 73.2 Å². The van der Waals surface area contributed by atoms with Crippen molar-refractivity contribution in [2.75, 3.05) is 11.9 Å². The van der Waals surface area contributed by atoms with Gasteiger partial charge in [-0.05, 0) is 44.2 Å². The second-order valence-corrected chi connectivity index (χ2v) is 8.23. The van der Waals surface area contributed by atoms with E-state index in [1.807, 2.05) is 37.3 Å². The maximum Gasteiger partial charge on any atom is 0.350 e. The minimum atomic E-state index is -0.741. The third-order valence-corrected chi connectivity index (χ3v) is 6.30. The number of hydrogen-bond acceptors (Lipinski definition) is 5. The first-order chi connectivity index (χ1) is 14.8. The van der Waals surface area contributed by atoms with Crippen LogP contribution in [0.2, 0.25) is 5.02 Å². The van der Waals surface area contributed by atoms with Gasteiger partial charge in [0.2, 0.25) is 0 Å². The van der Waals surface area contributed by atoms with E-state index in [0.29, 0.717) is 21.5 Å². The SMILES string of the molecule is Cc1nn(-c2ccccc2)c(C)c1NC(=O)COC(=O)c1sc2cc(F)ccc2c1Cl. The standard InChI is InChI=1S/C22H17ClFN3O3S/c1-12-20(13(2)27(26-12)15-6-4-3-5-7-15)25-18(28)11-30-22(29)21-19(23)16-9-8-14(24)10-17(16)31-21/h3-10H,11H2,1-2H3,(H,25,28). The van der Waals surface area contributed by atoms with Crippen molar-refractivity contribution in [3.05, 3.63) is 75.6 Å². The van der Waals surface area contributed by atoms with Gasteiger partial charge in [0.25, 0.3) is 5.91 Å². The van der Waals surface area contributed by atoms with Crippen molar-refractivity contribution in [3.63, 3.8) is 0 Å². The molecule has 0 atom stereocenters. The Hall–Kier alpha value is -3.23. The number of esters is 1. The second-order valence-electron chi connectivity index (χ2n) is 6.80. The molecule has 2 aromatic heterocycles. The molecule has 31 heavy (non-hydrogen) atoms. The van der Waals surface area contributed by atoms with E-state index in [0.717, 1.165) is 22.7 Å². The summed E-state index contributed by atoms with van der Waals surface area (Å²) < 4.78 is 20.8. The maximum atomic E-state index is 13.4. The van der Waals surface area contributed by atoms with E-state index >= 15 is 0 Å². The monoisotopic (exact) mass is 457 g/mol. The average Bonchev–Trinajstić information content (AvgIpc) is 3.23. The lowest BCUT2D eigenvalue weighted by Crippen LogP contribution is -2.21. The highest BCUT2D eigenvalue weighted by atomic mass is 35.5. The first-order valence-corrected chi connectivity index (χ1v) is 10.5. The number of nitrogens with zero attached hydrogens (tertiary/aromatic N) is 2. The van der Waals surface area contributed by atoms with E-state index in [9.17, 15) is 14.0 Å². The van der Waals surface area contributed by atoms with Crippen LogP contribution in [-0.2, 0) is 9.53 Å². The number of thiophene rings is 1. The molecule has 0 unspecified atom stereocenters. The molecule has 0 fully saturated rings. The molecule has 4 rings (SSSR count). The molecule has 6 nitrogen and oxygen atoms in total. The summed E-state index contributed by atoms with van der Waals surface area (Å²) in [6.45, 7) is 3.13. The number of benzene rings is 2. The molecule has 2 heterocycles. The Morgan fingerprint density at radius 1 is 1.19 bits per heavy atom. The summed E-state index contributed by atoms with van der Waals surface area (Å²) in [5.41, 5.74) is 2.81. The van der Waals surface area contributed by atoms with Crippen LogP contribution in [0.1, 0.15) is 21.1 Å². The molecule has 9 heteroatoms. The molecule has 0 radical (unpaired) electrons. The molecule has 0 spiro atoms. The zero-order valence-electron chi connectivity index (χ0n) is 16.6. The van der Waals surface area contributed by atoms with Crippen molar-refractivity contribution < 1.29 is 18.7 Å². The zero-order valence-corrected chi connectivity index (χ0v) is 18.2. The van der Waals surface area contributed by atoms with Crippen LogP contribution in [0.4, 0.5) is 10.1 Å². The first-order valence-electron chi connectivity index (χ1n) is 9.31. The van der Waals surface area contributed by atoms with Gasteiger partial charge < -0.3 is 10.1 Å². The molecule has 2 aromatic carbocycles. The maximum absolute atomic E-state index is 13.4. The van der Waals surface area contributed by atoms with Gasteiger partial charge in [-0.2, -0.15) is 5.10 Å². The van der Waals surface area contributed by atoms with E-state index < -0.39 is 24.3 Å². The number of nitrogens with one attached hydrogen (secondary N) is 1. The van der Waals surface area contributed by atoms with Gasteiger partial charge in [0, 0.05) is 10.1 Å². The van der Waals surface area contributed by atoms with E-state index in [4.69, 9.17) is 16.3 Å². The number of para-hydroxylation sites is 1. The largest absolute Gasteiger partial charge is 0.451 e. The number of fused-ring (bicyclic) bond motifs is 1. The summed E-state index contributed by atoms with van der Waals surface area (Å²) in [5, 5.41) is 7.95. The summed E-state index contributed by atoms with van der Waals surface area (Å²) in [6, 6.07) is 13.6. The highest BCUT2D eigenvalue weighted by Gasteiger charge is 2.21. The normalized spacial score (nSPS) is 11.0. The van der Waals surface area contributed by atoms with Crippen molar-refractivity contribution in [3.8, 4) is 5.69 Å². The number of aryl methyl sites for hydroxylation is 1. The average molecular weight is 458 g/mol. The third-order valence-electron chi connectivity index (χ3n) is 4.67. The van der Waals surface area contributed by atoms with Crippen LogP contribution < -0.4 is 5.32 Å². The fraction of sp³-hybridized carbons (Fsp3) is 0.136. The summed E-state index contributed by atoms with van der Waals surface area (Å²) in [7, 11) is 0. The Morgan fingerprint density at radius 3 is 2.68 bits per heavy atom. The van der Waals surface area contributed by atoms with Gasteiger partial charge in [0.05, 0.1) is 27.8 Å². The molecule has 1 N–H and O–H groups in total. The number of rotatable bonds is 5. The molecule has 0 bridgehead atoms. The van der Waals surface area contributed by atoms with Crippen LogP contribution in [0.3, 0.4) is 0 Å². The number of halogens is 2. The van der Waals surface area contributed by atoms with Gasteiger partial charge in [0.1, 0.15) is 10.7 Å². The number of aromatic nitrogens is 2. The van der Waals surface area contributed by atoms with Crippen molar-refractivity contribution in [1.29, 1.82) is 0 Å². The van der Waals surface area contributed by atoms with Crippen molar-refractivity contribution in [2.24, 2.45) is 0 Å². The molecule has 0 aliphatic rings. The molecular weight excluding hydrogens is 441 g/mol. The summed E-state index contributed by atoms with van der Waals surface area (Å²) in [5.74, 6) is -1.67. The van der Waals surface area contributed by atoms with Crippen LogP contribution in [0.15, 0.2) is 48.5 Å². The van der Waals surface area contributed by atoms with E-state index in [2.05, 4.69) is 10.4 Å². The first kappa shape index (κ1) is 21.0. The fourth-order valence-corrected chi connectivity index (χ4v) is 4.61. The van der Waals surface area contributed by atoms with E-state index in [-0.39, 0.29) is 9.90 Å². The van der Waals surface area contributed by atoms with Crippen LogP contribution in [0.25, 0.3) is 15.8 Å². The van der Waals surface area contributed by atoms with Crippen molar-refractivity contribution in [2.45, 2.75) is 13.8 Å². The van der Waals surface area contributed by atoms with Crippen LogP contribution in [0, 0.1) is 19.7 Å². The Balaban J connectivity index is 1.45. The van der Waals surface area contributed by atoms with Gasteiger partial charge in [-0.15, -0.1) is 11.3 Å². The van der Waals surface area contributed by atoms with Crippen LogP contribution in [-0.4, -0.2) is 28.3 Å². The predicted molar refractivity (Wildman–Crippen MR) is 119 cm³/mol. The van der Waals surface area contributed by atoms with Gasteiger partial charge in [-0.1, -0.05) is 29.8 Å². The Bertz CT molecular complexity index is 1300. The van der Waals surface area contributed by atoms with E-state index in [1.165, 1.54) is 18.2 Å². The Morgan fingerprint density at radius 2 is 1.94 bits per heavy atom. The number of carbonyl (C=O) groups excluding carboxylic acids is 2. The highest BCUT2D eigenvalue weighted by molar-refractivity contribution is 7.21. The molecule has 1 amide bonds. The molecule has 0 aliphatic carbocycles. The molecule has 0 saturated heterocycles. The summed E-state index contributed by atoms with van der Waals surface area (Å²) >= 11 is 7.24. The zero-order chi connectivity index (χ0) is 22.1. The lowest BCUT2D eigenvalue weighted by Gasteiger charge is -2.07. The Kier molecular flexibility index (Phi) is 5.75. The van der Waals surface area contributed by atoms with Gasteiger partial charge >= 0.3 is 5.97 Å². The molecule has 0 saturated carbocycles. The lowest BCUT2D eigenvalue weighted by molar-refractivity contribution is -0.119. The Labute approximate surface area is 186 Å². The highest BCUT2D eigenvalue weighted by Crippen LogP contribution is 2.36. The number of ether oxygens (including phenoxy) is 1. The lowest BCUT2D eigenvalue weighted by atomic mass is 10.2. The van der Waals surface area contributed by atoms with E-state index in [1.54, 1.807) is 11.6 Å². The van der Waals surface area contributed by atoms with Crippen LogP contribution in [0.5, 0.6) is 0 Å². The molecule has 4 aromatic rings. The quantitative estimate of drug-likeness (QED) is 0.413. The molecule has 0 aliphatic heterocycles. The predicted octanol–water partition coefficient (Wildman–Crippen LogP) is 5.29.